The third-order valence-corrected chi connectivity index (χ3v) is 7.40. The standard InChI is InChI=1S/C24H28Cl2N2O2S/c1-24(2,3)13-21(29)28(16-5-6-16)14-22(30)27-10-8-20-18(9-11-31-20)23(27)17-7-4-15(25)12-19(17)26/h4,7,9,11-12,16,23H,5-6,8,10,13-14H2,1-3H3. The zero-order valence-electron chi connectivity index (χ0n) is 18.2. The number of benzene rings is 1. The van der Waals surface area contributed by atoms with E-state index >= 15 is 0 Å². The Hall–Kier alpha value is -1.56. The highest BCUT2D eigenvalue weighted by atomic mass is 35.5. The Bertz CT molecular complexity index is 994. The second kappa shape index (κ2) is 8.76. The van der Waals surface area contributed by atoms with Crippen LogP contribution in [0.4, 0.5) is 0 Å². The van der Waals surface area contributed by atoms with E-state index in [0.29, 0.717) is 23.0 Å². The van der Waals surface area contributed by atoms with Gasteiger partial charge in [0, 0.05) is 33.9 Å². The maximum Gasteiger partial charge on any atom is 0.243 e. The summed E-state index contributed by atoms with van der Waals surface area (Å²) in [6.07, 6.45) is 3.21. The molecule has 2 aliphatic rings. The van der Waals surface area contributed by atoms with Crippen LogP contribution in [0.3, 0.4) is 0 Å². The topological polar surface area (TPSA) is 40.6 Å². The third-order valence-electron chi connectivity index (χ3n) is 5.84. The molecule has 2 aromatic rings. The van der Waals surface area contributed by atoms with Crippen molar-refractivity contribution in [3.8, 4) is 0 Å². The van der Waals surface area contributed by atoms with Gasteiger partial charge in [0.25, 0.3) is 0 Å². The molecule has 166 valence electrons. The molecule has 0 spiro atoms. The fourth-order valence-electron chi connectivity index (χ4n) is 4.24. The van der Waals surface area contributed by atoms with Gasteiger partial charge in [0.05, 0.1) is 6.04 Å². The minimum atomic E-state index is -0.258. The quantitative estimate of drug-likeness (QED) is 0.531. The number of carbonyl (C=O) groups is 2. The molecule has 2 amide bonds. The van der Waals surface area contributed by atoms with Crippen molar-refractivity contribution in [1.82, 2.24) is 9.80 Å². The lowest BCUT2D eigenvalue weighted by molar-refractivity contribution is -0.143. The van der Waals surface area contributed by atoms with Crippen LogP contribution in [0.1, 0.15) is 62.1 Å². The minimum Gasteiger partial charge on any atom is -0.330 e. The zero-order chi connectivity index (χ0) is 22.3. The van der Waals surface area contributed by atoms with Crippen LogP contribution < -0.4 is 0 Å². The van der Waals surface area contributed by atoms with Gasteiger partial charge in [-0.25, -0.2) is 0 Å². The van der Waals surface area contributed by atoms with Crippen LogP contribution in [0.2, 0.25) is 10.0 Å². The van der Waals surface area contributed by atoms with E-state index < -0.39 is 0 Å². The summed E-state index contributed by atoms with van der Waals surface area (Å²) < 4.78 is 0. The number of amides is 2. The van der Waals surface area contributed by atoms with Crippen LogP contribution in [-0.4, -0.2) is 40.7 Å². The van der Waals surface area contributed by atoms with Crippen LogP contribution in [0.25, 0.3) is 0 Å². The summed E-state index contributed by atoms with van der Waals surface area (Å²) in [5.41, 5.74) is 1.88. The minimum absolute atomic E-state index is 0.0259. The van der Waals surface area contributed by atoms with Gasteiger partial charge in [0.15, 0.2) is 0 Å². The van der Waals surface area contributed by atoms with E-state index in [2.05, 4.69) is 32.2 Å². The van der Waals surface area contributed by atoms with Crippen LogP contribution in [0, 0.1) is 5.41 Å². The smallest absolute Gasteiger partial charge is 0.243 e. The van der Waals surface area contributed by atoms with Gasteiger partial charge in [-0.2, -0.15) is 0 Å². The molecule has 1 aliphatic carbocycles. The average Bonchev–Trinajstić information content (AvgIpc) is 3.40. The highest BCUT2D eigenvalue weighted by molar-refractivity contribution is 7.10. The van der Waals surface area contributed by atoms with E-state index in [-0.39, 0.29) is 35.9 Å². The molecule has 4 nitrogen and oxygen atoms in total. The summed E-state index contributed by atoms with van der Waals surface area (Å²) in [5, 5.41) is 3.19. The first-order valence-electron chi connectivity index (χ1n) is 10.7. The summed E-state index contributed by atoms with van der Waals surface area (Å²) in [7, 11) is 0. The van der Waals surface area contributed by atoms with Crippen LogP contribution >= 0.6 is 34.5 Å². The Labute approximate surface area is 198 Å². The summed E-state index contributed by atoms with van der Waals surface area (Å²) in [4.78, 5) is 31.5. The summed E-state index contributed by atoms with van der Waals surface area (Å²) in [6.45, 7) is 6.90. The summed E-state index contributed by atoms with van der Waals surface area (Å²) in [5.74, 6) is 0.0414. The van der Waals surface area contributed by atoms with E-state index in [0.717, 1.165) is 30.4 Å². The second-order valence-corrected chi connectivity index (χ2v) is 11.5. The van der Waals surface area contributed by atoms with Gasteiger partial charge in [0.2, 0.25) is 11.8 Å². The first-order chi connectivity index (χ1) is 14.6. The summed E-state index contributed by atoms with van der Waals surface area (Å²) >= 11 is 14.4. The van der Waals surface area contributed by atoms with Gasteiger partial charge in [0.1, 0.15) is 6.54 Å². The molecule has 31 heavy (non-hydrogen) atoms. The highest BCUT2D eigenvalue weighted by Crippen LogP contribution is 2.41. The molecular weight excluding hydrogens is 451 g/mol. The molecule has 0 bridgehead atoms. The molecule has 1 aromatic heterocycles. The number of rotatable bonds is 5. The molecule has 2 heterocycles. The van der Waals surface area contributed by atoms with Crippen molar-refractivity contribution in [3.63, 3.8) is 0 Å². The molecular formula is C24H28Cl2N2O2S. The van der Waals surface area contributed by atoms with Crippen molar-refractivity contribution < 1.29 is 9.59 Å². The van der Waals surface area contributed by atoms with Gasteiger partial charge in [-0.3, -0.25) is 9.59 Å². The maximum atomic E-state index is 13.6. The van der Waals surface area contributed by atoms with Crippen molar-refractivity contribution in [1.29, 1.82) is 0 Å². The number of carbonyl (C=O) groups excluding carboxylic acids is 2. The normalized spacial score (nSPS) is 18.6. The SMILES string of the molecule is CC(C)(C)CC(=O)N(CC(=O)N1CCc2sccc2C1c1ccc(Cl)cc1Cl)C1CC1. The second-order valence-electron chi connectivity index (χ2n) is 9.69. The maximum absolute atomic E-state index is 13.6. The Morgan fingerprint density at radius 1 is 1.16 bits per heavy atom. The van der Waals surface area contributed by atoms with E-state index in [4.69, 9.17) is 23.2 Å². The van der Waals surface area contributed by atoms with Crippen molar-refractivity contribution in [3.05, 3.63) is 55.7 Å². The van der Waals surface area contributed by atoms with Gasteiger partial charge >= 0.3 is 0 Å². The van der Waals surface area contributed by atoms with Gasteiger partial charge in [-0.05, 0) is 59.4 Å². The van der Waals surface area contributed by atoms with Crippen molar-refractivity contribution in [2.24, 2.45) is 5.41 Å². The first kappa shape index (κ1) is 22.6. The van der Waals surface area contributed by atoms with Gasteiger partial charge in [-0.15, -0.1) is 11.3 Å². The summed E-state index contributed by atoms with van der Waals surface area (Å²) in [6, 6.07) is 7.47. The first-order valence-corrected chi connectivity index (χ1v) is 12.4. The zero-order valence-corrected chi connectivity index (χ0v) is 20.5. The van der Waals surface area contributed by atoms with Gasteiger partial charge in [-0.1, -0.05) is 50.0 Å². The molecule has 7 heteroatoms. The van der Waals surface area contributed by atoms with Crippen molar-refractivity contribution >= 4 is 46.4 Å². The molecule has 1 fully saturated rings. The number of halogens is 2. The Morgan fingerprint density at radius 3 is 2.55 bits per heavy atom. The molecule has 0 saturated heterocycles. The van der Waals surface area contributed by atoms with E-state index in [1.165, 1.54) is 4.88 Å². The fraction of sp³-hybridized carbons (Fsp3) is 0.500. The number of nitrogens with zero attached hydrogens (tertiary/aromatic N) is 2. The average molecular weight is 479 g/mol. The molecule has 1 aromatic carbocycles. The fourth-order valence-corrected chi connectivity index (χ4v) is 5.66. The number of fused-ring (bicyclic) bond motifs is 1. The Morgan fingerprint density at radius 2 is 1.90 bits per heavy atom. The molecule has 1 saturated carbocycles. The lowest BCUT2D eigenvalue weighted by atomic mass is 9.91. The van der Waals surface area contributed by atoms with E-state index in [1.807, 2.05) is 17.0 Å². The van der Waals surface area contributed by atoms with Crippen LogP contribution in [0.5, 0.6) is 0 Å². The molecule has 1 unspecified atom stereocenters. The Kier molecular flexibility index (Phi) is 6.39. The largest absolute Gasteiger partial charge is 0.330 e. The number of thiophene rings is 1. The predicted molar refractivity (Wildman–Crippen MR) is 127 cm³/mol. The van der Waals surface area contributed by atoms with Crippen molar-refractivity contribution in [2.45, 2.75) is 58.5 Å². The molecule has 4 rings (SSSR count). The van der Waals surface area contributed by atoms with E-state index in [9.17, 15) is 9.59 Å². The molecule has 1 atom stereocenters. The molecule has 1 aliphatic heterocycles. The lowest BCUT2D eigenvalue weighted by Gasteiger charge is -2.38. The highest BCUT2D eigenvalue weighted by Gasteiger charge is 2.39. The number of hydrogen-bond acceptors (Lipinski definition) is 3. The lowest BCUT2D eigenvalue weighted by Crippen LogP contribution is -2.47. The number of hydrogen-bond donors (Lipinski definition) is 0. The van der Waals surface area contributed by atoms with E-state index in [1.54, 1.807) is 22.3 Å². The predicted octanol–water partition coefficient (Wildman–Crippen LogP) is 5.96. The molecule has 0 N–H and O–H groups in total. The van der Waals surface area contributed by atoms with Crippen molar-refractivity contribution in [2.75, 3.05) is 13.1 Å². The van der Waals surface area contributed by atoms with Crippen LogP contribution in [0.15, 0.2) is 29.6 Å². The van der Waals surface area contributed by atoms with Crippen LogP contribution in [-0.2, 0) is 16.0 Å². The molecule has 0 radical (unpaired) electrons. The monoisotopic (exact) mass is 478 g/mol. The Balaban J connectivity index is 1.62. The van der Waals surface area contributed by atoms with Gasteiger partial charge < -0.3 is 9.80 Å². The third kappa shape index (κ3) is 5.10.